The Balaban J connectivity index is 2.45. The van der Waals surface area contributed by atoms with E-state index in [1.807, 2.05) is 6.07 Å². The van der Waals surface area contributed by atoms with Crippen LogP contribution < -0.4 is 0 Å². The fourth-order valence-corrected chi connectivity index (χ4v) is 3.69. The van der Waals surface area contributed by atoms with Crippen molar-refractivity contribution in [1.29, 1.82) is 0 Å². The minimum absolute atomic E-state index is 0.813. The monoisotopic (exact) mass is 310 g/mol. The van der Waals surface area contributed by atoms with Gasteiger partial charge in [0.15, 0.2) is 0 Å². The summed E-state index contributed by atoms with van der Waals surface area (Å²) >= 11 is 0. The second-order valence-electron chi connectivity index (χ2n) is 6.44. The van der Waals surface area contributed by atoms with E-state index in [4.69, 9.17) is 0 Å². The van der Waals surface area contributed by atoms with Crippen LogP contribution in [0.25, 0.3) is 0 Å². The van der Waals surface area contributed by atoms with Crippen molar-refractivity contribution in [3.05, 3.63) is 46.5 Å². The van der Waals surface area contributed by atoms with Crippen LogP contribution in [-0.2, 0) is 12.0 Å². The number of benzene rings is 1. The van der Waals surface area contributed by atoms with Crippen LogP contribution in [0.2, 0.25) is 0 Å². The first-order chi connectivity index (χ1) is 11.2. The maximum absolute atomic E-state index is 11.6. The zero-order valence-electron chi connectivity index (χ0n) is 14.9. The molecule has 1 N–H and O–H groups in total. The molecule has 0 heterocycles. The number of hydrogen-bond donors (Lipinski definition) is 1. The lowest BCUT2D eigenvalue weighted by molar-refractivity contribution is 0.0533. The van der Waals surface area contributed by atoms with Crippen molar-refractivity contribution < 1.29 is 5.11 Å². The predicted octanol–water partition coefficient (Wildman–Crippen LogP) is 5.52. The number of allylic oxidation sites excluding steroid dienone is 1. The first-order valence-corrected chi connectivity index (χ1v) is 9.19. The van der Waals surface area contributed by atoms with Gasteiger partial charge < -0.3 is 5.11 Å². The molecule has 0 saturated carbocycles. The molecule has 1 unspecified atom stereocenters. The van der Waals surface area contributed by atoms with Gasteiger partial charge in [-0.05, 0) is 55.2 Å². The Hall–Kier alpha value is -1.52. The van der Waals surface area contributed by atoms with Crippen LogP contribution >= 0.6 is 0 Å². The molecule has 0 fully saturated rings. The summed E-state index contributed by atoms with van der Waals surface area (Å²) in [7, 11) is 0. The lowest BCUT2D eigenvalue weighted by Crippen LogP contribution is -2.33. The normalized spacial score (nSPS) is 21.0. The van der Waals surface area contributed by atoms with Crippen LogP contribution in [0.15, 0.2) is 35.4 Å². The summed E-state index contributed by atoms with van der Waals surface area (Å²) in [4.78, 5) is 0. The average Bonchev–Trinajstić information content (AvgIpc) is 2.58. The van der Waals surface area contributed by atoms with Gasteiger partial charge in [0, 0.05) is 12.0 Å². The Morgan fingerprint density at radius 2 is 1.96 bits per heavy atom. The van der Waals surface area contributed by atoms with Gasteiger partial charge in [-0.1, -0.05) is 63.3 Å². The first kappa shape index (κ1) is 17.8. The zero-order valence-corrected chi connectivity index (χ0v) is 14.9. The van der Waals surface area contributed by atoms with E-state index in [1.165, 1.54) is 12.0 Å². The molecule has 1 aromatic carbocycles. The van der Waals surface area contributed by atoms with Crippen molar-refractivity contribution in [3.8, 4) is 11.8 Å². The molecule has 1 atom stereocenters. The quantitative estimate of drug-likeness (QED) is 0.561. The van der Waals surface area contributed by atoms with Crippen LogP contribution in [0, 0.1) is 11.8 Å². The van der Waals surface area contributed by atoms with E-state index in [0.717, 1.165) is 61.7 Å². The molecule has 0 saturated heterocycles. The van der Waals surface area contributed by atoms with Gasteiger partial charge in [-0.3, -0.25) is 0 Å². The number of hydrogen-bond acceptors (Lipinski definition) is 1. The Morgan fingerprint density at radius 3 is 2.65 bits per heavy atom. The number of unbranched alkanes of at least 4 members (excludes halogenated alkanes) is 2. The Kier molecular flexibility index (Phi) is 6.48. The molecule has 1 aromatic rings. The smallest absolute Gasteiger partial charge is 0.112 e. The largest absolute Gasteiger partial charge is 0.381 e. The second kappa shape index (κ2) is 8.37. The standard InChI is InChI=1S/C22H30O/c1-4-7-8-9-13-18(5-2)20(6-3)22(23)17-12-15-19-14-10-11-16-21(19)22/h10-11,14,16,23H,4-8,12,15,17H2,1-3H3/b20-18-. The van der Waals surface area contributed by atoms with E-state index < -0.39 is 5.60 Å². The van der Waals surface area contributed by atoms with Gasteiger partial charge in [0.05, 0.1) is 0 Å². The molecule has 1 aliphatic carbocycles. The van der Waals surface area contributed by atoms with E-state index in [9.17, 15) is 5.11 Å². The van der Waals surface area contributed by atoms with Crippen LogP contribution in [0.3, 0.4) is 0 Å². The Morgan fingerprint density at radius 1 is 1.17 bits per heavy atom. The highest BCUT2D eigenvalue weighted by Crippen LogP contribution is 2.43. The molecule has 0 radical (unpaired) electrons. The first-order valence-electron chi connectivity index (χ1n) is 9.19. The van der Waals surface area contributed by atoms with E-state index in [1.54, 1.807) is 0 Å². The molecule has 0 aromatic heterocycles. The van der Waals surface area contributed by atoms with Gasteiger partial charge in [-0.25, -0.2) is 0 Å². The highest BCUT2D eigenvalue weighted by molar-refractivity contribution is 5.46. The lowest BCUT2D eigenvalue weighted by Gasteiger charge is -2.37. The minimum Gasteiger partial charge on any atom is -0.381 e. The maximum Gasteiger partial charge on any atom is 0.112 e. The van der Waals surface area contributed by atoms with Gasteiger partial charge in [0.25, 0.3) is 0 Å². The van der Waals surface area contributed by atoms with Crippen molar-refractivity contribution >= 4 is 0 Å². The van der Waals surface area contributed by atoms with Crippen LogP contribution in [0.1, 0.15) is 76.8 Å². The predicted molar refractivity (Wildman–Crippen MR) is 98.2 cm³/mol. The molecule has 0 bridgehead atoms. The average molecular weight is 310 g/mol. The summed E-state index contributed by atoms with van der Waals surface area (Å²) in [5.74, 6) is 6.69. The Labute approximate surface area is 141 Å². The molecule has 0 spiro atoms. The molecule has 124 valence electrons. The van der Waals surface area contributed by atoms with Crippen LogP contribution in [-0.4, -0.2) is 5.11 Å². The third-order valence-electron chi connectivity index (χ3n) is 4.91. The molecule has 1 nitrogen and oxygen atoms in total. The highest BCUT2D eigenvalue weighted by atomic mass is 16.3. The van der Waals surface area contributed by atoms with E-state index in [-0.39, 0.29) is 0 Å². The minimum atomic E-state index is -0.825. The summed E-state index contributed by atoms with van der Waals surface area (Å²) in [5, 5.41) is 11.6. The molecule has 0 amide bonds. The maximum atomic E-state index is 11.6. The third-order valence-corrected chi connectivity index (χ3v) is 4.91. The molecule has 23 heavy (non-hydrogen) atoms. The molecule has 0 aliphatic heterocycles. The molecular weight excluding hydrogens is 280 g/mol. The summed E-state index contributed by atoms with van der Waals surface area (Å²) < 4.78 is 0. The van der Waals surface area contributed by atoms with Crippen molar-refractivity contribution in [3.63, 3.8) is 0 Å². The van der Waals surface area contributed by atoms with Crippen LogP contribution in [0.4, 0.5) is 0 Å². The zero-order chi connectivity index (χ0) is 16.7. The van der Waals surface area contributed by atoms with E-state index in [2.05, 4.69) is 50.8 Å². The molecule has 1 heteroatoms. The topological polar surface area (TPSA) is 20.2 Å². The number of rotatable bonds is 5. The van der Waals surface area contributed by atoms with Crippen molar-refractivity contribution in [1.82, 2.24) is 0 Å². The van der Waals surface area contributed by atoms with Crippen molar-refractivity contribution in [2.24, 2.45) is 0 Å². The summed E-state index contributed by atoms with van der Waals surface area (Å²) in [6.07, 6.45) is 7.95. The number of aliphatic hydroxyl groups is 1. The SMILES string of the molecule is CCCCC#C/C(CC)=C(/CC)C1(O)CCCc2ccccc21. The molecule has 1 aliphatic rings. The lowest BCUT2D eigenvalue weighted by atomic mass is 9.72. The fraction of sp³-hybridized carbons (Fsp3) is 0.545. The second-order valence-corrected chi connectivity index (χ2v) is 6.44. The molecular formula is C22H30O. The molecule has 2 rings (SSSR count). The van der Waals surface area contributed by atoms with Gasteiger partial charge >= 0.3 is 0 Å². The van der Waals surface area contributed by atoms with Gasteiger partial charge in [0.2, 0.25) is 0 Å². The number of aryl methyl sites for hydroxylation is 1. The third kappa shape index (κ3) is 3.88. The highest BCUT2D eigenvalue weighted by Gasteiger charge is 2.37. The summed E-state index contributed by atoms with van der Waals surface area (Å²) in [5.41, 5.74) is 3.85. The van der Waals surface area contributed by atoms with Gasteiger partial charge in [-0.2, -0.15) is 0 Å². The van der Waals surface area contributed by atoms with Crippen molar-refractivity contribution in [2.75, 3.05) is 0 Å². The fourth-order valence-electron chi connectivity index (χ4n) is 3.69. The summed E-state index contributed by atoms with van der Waals surface area (Å²) in [6.45, 7) is 6.49. The number of fused-ring (bicyclic) bond motifs is 1. The van der Waals surface area contributed by atoms with E-state index in [0.29, 0.717) is 0 Å². The van der Waals surface area contributed by atoms with Gasteiger partial charge in [-0.15, -0.1) is 0 Å². The van der Waals surface area contributed by atoms with E-state index >= 15 is 0 Å². The summed E-state index contributed by atoms with van der Waals surface area (Å²) in [6, 6.07) is 8.37. The van der Waals surface area contributed by atoms with Crippen molar-refractivity contribution in [2.45, 2.75) is 77.7 Å². The Bertz CT molecular complexity index is 614. The van der Waals surface area contributed by atoms with Crippen LogP contribution in [0.5, 0.6) is 0 Å². The van der Waals surface area contributed by atoms with Gasteiger partial charge in [0.1, 0.15) is 5.60 Å².